The highest BCUT2D eigenvalue weighted by atomic mass is 35.5. The molecule has 0 amide bonds. The molecule has 1 aromatic carbocycles. The van der Waals surface area contributed by atoms with Crippen molar-refractivity contribution >= 4 is 11.6 Å². The highest BCUT2D eigenvalue weighted by Gasteiger charge is 2.21. The van der Waals surface area contributed by atoms with Crippen LogP contribution in [0, 0.1) is 5.92 Å². The summed E-state index contributed by atoms with van der Waals surface area (Å²) in [6.07, 6.45) is 18.6. The van der Waals surface area contributed by atoms with Crippen LogP contribution in [0.15, 0.2) is 24.3 Å². The SMILES string of the molecule is CCCCCCCCCC[C@H]1CC[C@H](c2ccc(Cl)cc2)CC1. The normalized spacial score (nSPS) is 21.5. The van der Waals surface area contributed by atoms with Crippen LogP contribution in [-0.2, 0) is 0 Å². The summed E-state index contributed by atoms with van der Waals surface area (Å²) in [7, 11) is 0. The topological polar surface area (TPSA) is 0 Å². The van der Waals surface area contributed by atoms with E-state index < -0.39 is 0 Å². The molecule has 0 radical (unpaired) electrons. The van der Waals surface area contributed by atoms with Crippen LogP contribution < -0.4 is 0 Å². The first-order valence-electron chi connectivity index (χ1n) is 10.0. The molecule has 1 aliphatic rings. The largest absolute Gasteiger partial charge is 0.0843 e. The lowest BCUT2D eigenvalue weighted by Crippen LogP contribution is -2.13. The Bertz CT molecular complexity index is 400. The minimum atomic E-state index is 0.780. The molecule has 0 bridgehead atoms. The molecule has 23 heavy (non-hydrogen) atoms. The molecule has 1 saturated carbocycles. The number of unbranched alkanes of at least 4 members (excludes halogenated alkanes) is 7. The Morgan fingerprint density at radius 3 is 1.96 bits per heavy atom. The van der Waals surface area contributed by atoms with E-state index in [1.54, 1.807) is 0 Å². The molecule has 130 valence electrons. The summed E-state index contributed by atoms with van der Waals surface area (Å²) in [5, 5.41) is 0.858. The molecule has 1 aromatic rings. The molecule has 1 fully saturated rings. The summed E-state index contributed by atoms with van der Waals surface area (Å²) in [5.74, 6) is 1.78. The Labute approximate surface area is 149 Å². The lowest BCUT2D eigenvalue weighted by molar-refractivity contribution is 0.302. The fourth-order valence-electron chi connectivity index (χ4n) is 4.09. The van der Waals surface area contributed by atoms with E-state index in [1.807, 2.05) is 12.1 Å². The summed E-state index contributed by atoms with van der Waals surface area (Å²) in [5.41, 5.74) is 1.50. The second-order valence-corrected chi connectivity index (χ2v) is 7.97. The van der Waals surface area contributed by atoms with Gasteiger partial charge in [-0.1, -0.05) is 88.4 Å². The third kappa shape index (κ3) is 7.29. The van der Waals surface area contributed by atoms with Crippen LogP contribution in [0.2, 0.25) is 5.02 Å². The first kappa shape index (κ1) is 18.8. The highest BCUT2D eigenvalue weighted by Crippen LogP contribution is 2.38. The lowest BCUT2D eigenvalue weighted by atomic mass is 9.77. The molecule has 1 aliphatic carbocycles. The van der Waals surface area contributed by atoms with E-state index in [1.165, 1.54) is 89.0 Å². The van der Waals surface area contributed by atoms with E-state index >= 15 is 0 Å². The fraction of sp³-hybridized carbons (Fsp3) is 0.727. The van der Waals surface area contributed by atoms with Gasteiger partial charge in [0.15, 0.2) is 0 Å². The van der Waals surface area contributed by atoms with Gasteiger partial charge in [-0.15, -0.1) is 0 Å². The molecule has 0 atom stereocenters. The minimum Gasteiger partial charge on any atom is -0.0843 e. The van der Waals surface area contributed by atoms with Gasteiger partial charge >= 0.3 is 0 Å². The van der Waals surface area contributed by atoms with Crippen molar-refractivity contribution in [3.05, 3.63) is 34.9 Å². The fourth-order valence-corrected chi connectivity index (χ4v) is 4.21. The predicted molar refractivity (Wildman–Crippen MR) is 103 cm³/mol. The first-order chi connectivity index (χ1) is 11.3. The Balaban J connectivity index is 1.52. The Hall–Kier alpha value is -0.490. The molecule has 0 N–H and O–H groups in total. The molecule has 1 heteroatoms. The third-order valence-electron chi connectivity index (χ3n) is 5.65. The van der Waals surface area contributed by atoms with E-state index in [9.17, 15) is 0 Å². The molecule has 2 rings (SSSR count). The summed E-state index contributed by atoms with van der Waals surface area (Å²) in [6, 6.07) is 8.55. The number of halogens is 1. The van der Waals surface area contributed by atoms with Gasteiger partial charge in [0, 0.05) is 5.02 Å². The van der Waals surface area contributed by atoms with Gasteiger partial charge in [0.1, 0.15) is 0 Å². The van der Waals surface area contributed by atoms with Gasteiger partial charge in [0.2, 0.25) is 0 Å². The van der Waals surface area contributed by atoms with Crippen molar-refractivity contribution in [2.24, 2.45) is 5.92 Å². The van der Waals surface area contributed by atoms with Crippen LogP contribution in [-0.4, -0.2) is 0 Å². The standard InChI is InChI=1S/C22H35Cl/c1-2-3-4-5-6-7-8-9-10-19-11-13-20(14-12-19)21-15-17-22(23)18-16-21/h15-20H,2-14H2,1H3/t19-,20-. The molecule has 0 spiro atoms. The van der Waals surface area contributed by atoms with Gasteiger partial charge in [0.25, 0.3) is 0 Å². The third-order valence-corrected chi connectivity index (χ3v) is 5.91. The number of hydrogen-bond donors (Lipinski definition) is 0. The summed E-state index contributed by atoms with van der Waals surface area (Å²) >= 11 is 5.99. The van der Waals surface area contributed by atoms with E-state index in [2.05, 4.69) is 19.1 Å². The van der Waals surface area contributed by atoms with E-state index in [4.69, 9.17) is 11.6 Å². The quantitative estimate of drug-likeness (QED) is 0.379. The van der Waals surface area contributed by atoms with Crippen LogP contribution in [0.25, 0.3) is 0 Å². The molecule has 0 unspecified atom stereocenters. The van der Waals surface area contributed by atoms with Crippen LogP contribution in [0.4, 0.5) is 0 Å². The van der Waals surface area contributed by atoms with E-state index in [0.29, 0.717) is 0 Å². The summed E-state index contributed by atoms with van der Waals surface area (Å²) in [4.78, 5) is 0. The molecular weight excluding hydrogens is 300 g/mol. The summed E-state index contributed by atoms with van der Waals surface area (Å²) < 4.78 is 0. The van der Waals surface area contributed by atoms with Gasteiger partial charge < -0.3 is 0 Å². The molecule has 0 nitrogen and oxygen atoms in total. The van der Waals surface area contributed by atoms with Gasteiger partial charge in [-0.2, -0.15) is 0 Å². The monoisotopic (exact) mass is 334 g/mol. The number of rotatable bonds is 10. The molecule has 0 heterocycles. The van der Waals surface area contributed by atoms with Crippen LogP contribution in [0.1, 0.15) is 102 Å². The lowest BCUT2D eigenvalue weighted by Gasteiger charge is -2.29. The van der Waals surface area contributed by atoms with Crippen molar-refractivity contribution in [2.45, 2.75) is 96.3 Å². The maximum Gasteiger partial charge on any atom is 0.0406 e. The molecule has 0 aromatic heterocycles. The predicted octanol–water partition coefficient (Wildman–Crippen LogP) is 8.14. The second-order valence-electron chi connectivity index (χ2n) is 7.53. The zero-order valence-electron chi connectivity index (χ0n) is 15.0. The molecule has 0 aliphatic heterocycles. The Morgan fingerprint density at radius 1 is 0.783 bits per heavy atom. The zero-order chi connectivity index (χ0) is 16.3. The first-order valence-corrected chi connectivity index (χ1v) is 10.4. The van der Waals surface area contributed by atoms with Crippen molar-refractivity contribution in [1.29, 1.82) is 0 Å². The van der Waals surface area contributed by atoms with Gasteiger partial charge in [0.05, 0.1) is 0 Å². The van der Waals surface area contributed by atoms with Crippen LogP contribution in [0.3, 0.4) is 0 Å². The number of benzene rings is 1. The maximum absolute atomic E-state index is 5.99. The highest BCUT2D eigenvalue weighted by molar-refractivity contribution is 6.30. The Morgan fingerprint density at radius 2 is 1.35 bits per heavy atom. The minimum absolute atomic E-state index is 0.780. The molecule has 0 saturated heterocycles. The number of hydrogen-bond acceptors (Lipinski definition) is 0. The van der Waals surface area contributed by atoms with Crippen molar-refractivity contribution in [3.8, 4) is 0 Å². The molecular formula is C22H35Cl. The average molecular weight is 335 g/mol. The second kappa shape index (κ2) is 11.1. The maximum atomic E-state index is 5.99. The van der Waals surface area contributed by atoms with Gasteiger partial charge in [-0.25, -0.2) is 0 Å². The van der Waals surface area contributed by atoms with Crippen LogP contribution in [0.5, 0.6) is 0 Å². The van der Waals surface area contributed by atoms with E-state index in [0.717, 1.165) is 16.9 Å². The average Bonchev–Trinajstić information content (AvgIpc) is 2.59. The van der Waals surface area contributed by atoms with Crippen molar-refractivity contribution in [1.82, 2.24) is 0 Å². The van der Waals surface area contributed by atoms with Crippen molar-refractivity contribution in [2.75, 3.05) is 0 Å². The van der Waals surface area contributed by atoms with Gasteiger partial charge in [-0.3, -0.25) is 0 Å². The summed E-state index contributed by atoms with van der Waals surface area (Å²) in [6.45, 7) is 2.29. The van der Waals surface area contributed by atoms with Crippen molar-refractivity contribution < 1.29 is 0 Å². The van der Waals surface area contributed by atoms with Crippen molar-refractivity contribution in [3.63, 3.8) is 0 Å². The Kier molecular flexibility index (Phi) is 9.12. The smallest absolute Gasteiger partial charge is 0.0406 e. The van der Waals surface area contributed by atoms with E-state index in [-0.39, 0.29) is 0 Å². The van der Waals surface area contributed by atoms with Gasteiger partial charge in [-0.05, 0) is 55.2 Å². The zero-order valence-corrected chi connectivity index (χ0v) is 15.8. The van der Waals surface area contributed by atoms with Crippen LogP contribution >= 0.6 is 11.6 Å².